The van der Waals surface area contributed by atoms with Crippen molar-refractivity contribution in [2.24, 2.45) is 0 Å². The predicted molar refractivity (Wildman–Crippen MR) is 71.2 cm³/mol. The lowest BCUT2D eigenvalue weighted by Crippen LogP contribution is -2.51. The van der Waals surface area contributed by atoms with Crippen LogP contribution in [-0.4, -0.2) is 66.1 Å². The minimum absolute atomic E-state index is 0.0409. The molecule has 2 fully saturated rings. The van der Waals surface area contributed by atoms with E-state index in [0.29, 0.717) is 19.8 Å². The fourth-order valence-electron chi connectivity index (χ4n) is 2.58. The Morgan fingerprint density at radius 1 is 1.45 bits per heavy atom. The number of carbonyl (C=O) groups excluding carboxylic acids is 1. The van der Waals surface area contributed by atoms with Gasteiger partial charge >= 0.3 is 5.97 Å². The van der Waals surface area contributed by atoms with Crippen molar-refractivity contribution in [1.29, 1.82) is 0 Å². The molecule has 0 aromatic carbocycles. The molecule has 0 spiro atoms. The van der Waals surface area contributed by atoms with Crippen LogP contribution in [-0.2, 0) is 14.3 Å². The Balaban J connectivity index is 1.52. The number of cyclic esters (lactones) is 1. The van der Waals surface area contributed by atoms with Crippen molar-refractivity contribution < 1.29 is 14.3 Å². The van der Waals surface area contributed by atoms with Gasteiger partial charge in [0.1, 0.15) is 11.9 Å². The number of esters is 1. The molecule has 108 valence electrons. The third kappa shape index (κ3) is 3.05. The van der Waals surface area contributed by atoms with E-state index < -0.39 is 0 Å². The number of morpholine rings is 1. The van der Waals surface area contributed by atoms with Crippen LogP contribution in [0.25, 0.3) is 0 Å². The molecule has 0 saturated carbocycles. The van der Waals surface area contributed by atoms with Crippen LogP contribution in [0.1, 0.15) is 6.42 Å². The lowest BCUT2D eigenvalue weighted by atomic mass is 10.1. The van der Waals surface area contributed by atoms with Gasteiger partial charge in [-0.05, 0) is 12.1 Å². The molecule has 2 atom stereocenters. The van der Waals surface area contributed by atoms with Crippen molar-refractivity contribution in [1.82, 2.24) is 15.1 Å². The van der Waals surface area contributed by atoms with Crippen molar-refractivity contribution in [2.45, 2.75) is 18.6 Å². The lowest BCUT2D eigenvalue weighted by Gasteiger charge is -2.35. The first-order valence-electron chi connectivity index (χ1n) is 6.87. The van der Waals surface area contributed by atoms with Crippen molar-refractivity contribution in [3.63, 3.8) is 0 Å². The highest BCUT2D eigenvalue weighted by atomic mass is 16.5. The molecule has 2 saturated heterocycles. The topological polar surface area (TPSA) is 76.6 Å². The third-order valence-corrected chi connectivity index (χ3v) is 3.60. The van der Waals surface area contributed by atoms with E-state index in [4.69, 9.17) is 9.47 Å². The minimum atomic E-state index is -0.104. The third-order valence-electron chi connectivity index (χ3n) is 3.60. The molecule has 3 rings (SSSR count). The maximum absolute atomic E-state index is 11.6. The summed E-state index contributed by atoms with van der Waals surface area (Å²) in [6.45, 7) is 3.32. The summed E-state index contributed by atoms with van der Waals surface area (Å²) in [5.41, 5.74) is 0. The van der Waals surface area contributed by atoms with Gasteiger partial charge in [-0.15, -0.1) is 5.10 Å². The zero-order valence-corrected chi connectivity index (χ0v) is 11.2. The van der Waals surface area contributed by atoms with Crippen molar-refractivity contribution >= 4 is 11.8 Å². The van der Waals surface area contributed by atoms with Gasteiger partial charge in [0.2, 0.25) is 0 Å². The van der Waals surface area contributed by atoms with Gasteiger partial charge in [-0.1, -0.05) is 0 Å². The molecular weight excluding hydrogens is 260 g/mol. The maximum atomic E-state index is 11.6. The molecule has 7 nitrogen and oxygen atoms in total. The highest BCUT2D eigenvalue weighted by Crippen LogP contribution is 2.17. The Bertz CT molecular complexity index is 456. The molecule has 0 radical (unpaired) electrons. The fraction of sp³-hybridized carbons (Fsp3) is 0.615. The van der Waals surface area contributed by atoms with Gasteiger partial charge in [-0.2, -0.15) is 5.10 Å². The summed E-state index contributed by atoms with van der Waals surface area (Å²) >= 11 is 0. The van der Waals surface area contributed by atoms with Crippen LogP contribution in [0.4, 0.5) is 5.82 Å². The van der Waals surface area contributed by atoms with Gasteiger partial charge in [-0.3, -0.25) is 9.69 Å². The minimum Gasteiger partial charge on any atom is -0.464 e. The molecule has 3 heterocycles. The fourth-order valence-corrected chi connectivity index (χ4v) is 2.58. The normalized spacial score (nSPS) is 27.3. The van der Waals surface area contributed by atoms with Crippen LogP contribution >= 0.6 is 0 Å². The Kier molecular flexibility index (Phi) is 4.08. The molecule has 2 aliphatic heterocycles. The second-order valence-corrected chi connectivity index (χ2v) is 4.95. The van der Waals surface area contributed by atoms with Crippen LogP contribution in [0.15, 0.2) is 18.3 Å². The highest BCUT2D eigenvalue weighted by Gasteiger charge is 2.35. The summed E-state index contributed by atoms with van der Waals surface area (Å²) in [6.07, 6.45) is 2.46. The first-order valence-corrected chi connectivity index (χ1v) is 6.87. The maximum Gasteiger partial charge on any atom is 0.323 e. The number of carbonyl (C=O) groups is 1. The highest BCUT2D eigenvalue weighted by molar-refractivity contribution is 5.77. The predicted octanol–water partition coefficient (Wildman–Crippen LogP) is -0.0952. The van der Waals surface area contributed by atoms with Gasteiger partial charge in [0, 0.05) is 32.3 Å². The number of nitrogens with one attached hydrogen (secondary N) is 1. The van der Waals surface area contributed by atoms with Crippen molar-refractivity contribution in [3.8, 4) is 0 Å². The van der Waals surface area contributed by atoms with E-state index in [1.54, 1.807) is 6.20 Å². The van der Waals surface area contributed by atoms with Gasteiger partial charge in [-0.25, -0.2) is 0 Å². The first kappa shape index (κ1) is 13.3. The van der Waals surface area contributed by atoms with Crippen molar-refractivity contribution in [3.05, 3.63) is 18.3 Å². The van der Waals surface area contributed by atoms with E-state index in [1.807, 2.05) is 12.1 Å². The number of anilines is 1. The number of nitrogens with zero attached hydrogens (tertiary/aromatic N) is 3. The Labute approximate surface area is 117 Å². The Hall–Kier alpha value is -1.73. The molecule has 7 heteroatoms. The summed E-state index contributed by atoms with van der Waals surface area (Å²) in [6, 6.07) is 3.60. The van der Waals surface area contributed by atoms with E-state index in [9.17, 15) is 4.79 Å². The number of ether oxygens (including phenoxy) is 2. The quantitative estimate of drug-likeness (QED) is 0.771. The Morgan fingerprint density at radius 3 is 3.15 bits per heavy atom. The molecular formula is C13H18N4O3. The average molecular weight is 278 g/mol. The SMILES string of the molecule is O=C1OCC[C@@H]1N1CCO[C@@H](CNc2cccnn2)C1. The number of hydrogen-bond donors (Lipinski definition) is 1. The molecule has 0 aliphatic carbocycles. The van der Waals surface area contributed by atoms with Crippen LogP contribution in [0.5, 0.6) is 0 Å². The summed E-state index contributed by atoms with van der Waals surface area (Å²) in [7, 11) is 0. The summed E-state index contributed by atoms with van der Waals surface area (Å²) in [5, 5.41) is 11.0. The number of aromatic nitrogens is 2. The zero-order chi connectivity index (χ0) is 13.8. The van der Waals surface area contributed by atoms with Gasteiger partial charge in [0.25, 0.3) is 0 Å². The van der Waals surface area contributed by atoms with Crippen molar-refractivity contribution in [2.75, 3.05) is 38.2 Å². The summed E-state index contributed by atoms with van der Waals surface area (Å²) in [4.78, 5) is 13.8. The van der Waals surface area contributed by atoms with Crippen LogP contribution in [0.3, 0.4) is 0 Å². The van der Waals surface area contributed by atoms with Crippen LogP contribution < -0.4 is 5.32 Å². The number of rotatable bonds is 4. The molecule has 0 amide bonds. The molecule has 1 aromatic heterocycles. The smallest absolute Gasteiger partial charge is 0.323 e. The summed E-state index contributed by atoms with van der Waals surface area (Å²) in [5.74, 6) is 0.626. The number of hydrogen-bond acceptors (Lipinski definition) is 7. The molecule has 0 bridgehead atoms. The van der Waals surface area contributed by atoms with Gasteiger partial charge in [0.05, 0.1) is 19.3 Å². The largest absolute Gasteiger partial charge is 0.464 e. The summed E-state index contributed by atoms with van der Waals surface area (Å²) < 4.78 is 10.7. The zero-order valence-electron chi connectivity index (χ0n) is 11.2. The standard InChI is InChI=1S/C13H18N4O3/c18-13-11(3-6-20-13)17-5-7-19-10(9-17)8-14-12-2-1-4-15-16-12/h1-2,4,10-11H,3,5-9H2,(H,14,16)/t10-,11-/m0/s1. The van der Waals surface area contributed by atoms with E-state index in [2.05, 4.69) is 20.4 Å². The van der Waals surface area contributed by atoms with Crippen LogP contribution in [0, 0.1) is 0 Å². The van der Waals surface area contributed by atoms with E-state index in [1.165, 1.54) is 0 Å². The molecule has 0 unspecified atom stereocenters. The molecule has 20 heavy (non-hydrogen) atoms. The monoisotopic (exact) mass is 278 g/mol. The Morgan fingerprint density at radius 2 is 2.40 bits per heavy atom. The van der Waals surface area contributed by atoms with E-state index in [0.717, 1.165) is 25.3 Å². The van der Waals surface area contributed by atoms with Gasteiger partial charge in [0.15, 0.2) is 0 Å². The van der Waals surface area contributed by atoms with E-state index >= 15 is 0 Å². The first-order chi connectivity index (χ1) is 9.83. The average Bonchev–Trinajstić information content (AvgIpc) is 2.93. The molecule has 1 N–H and O–H groups in total. The molecule has 2 aliphatic rings. The lowest BCUT2D eigenvalue weighted by molar-refractivity contribution is -0.144. The molecule has 1 aromatic rings. The van der Waals surface area contributed by atoms with Crippen LogP contribution in [0.2, 0.25) is 0 Å². The van der Waals surface area contributed by atoms with Gasteiger partial charge < -0.3 is 14.8 Å². The van der Waals surface area contributed by atoms with E-state index in [-0.39, 0.29) is 18.1 Å². The second kappa shape index (κ2) is 6.15. The second-order valence-electron chi connectivity index (χ2n) is 4.95.